The summed E-state index contributed by atoms with van der Waals surface area (Å²) in [4.78, 5) is 35.5. The first-order chi connectivity index (χ1) is 17.2. The first kappa shape index (κ1) is 24.1. The lowest BCUT2D eigenvalue weighted by Gasteiger charge is -2.35. The molecule has 0 saturated carbocycles. The standard InChI is InChI=1S/C27H34N6O3/c1-16-24-32-23-18(9-7-10-20(23)30-16)21-14-19-22(31-21)17(15-29-25(19)34)8-5-6-12-33(24)13-11-28-26(35)36-27(2,3)4/h5-7,9-10,14,17,24,31-32H,8,11-13,15H2,1-4H3,(H,28,35)(H,29,34)/b6-5+/t17-,24?/m0/s1. The fourth-order valence-corrected chi connectivity index (χ4v) is 5.01. The molecule has 4 N–H and O–H groups in total. The Morgan fingerprint density at radius 3 is 2.89 bits per heavy atom. The molecule has 0 aliphatic carbocycles. The molecule has 1 aromatic heterocycles. The third-order valence-electron chi connectivity index (χ3n) is 6.68. The number of allylic oxidation sites excluding steroid dienone is 1. The maximum absolute atomic E-state index is 12.6. The van der Waals surface area contributed by atoms with Crippen molar-refractivity contribution in [2.45, 2.75) is 51.8 Å². The van der Waals surface area contributed by atoms with Gasteiger partial charge in [0.2, 0.25) is 0 Å². The van der Waals surface area contributed by atoms with E-state index in [1.165, 1.54) is 0 Å². The second kappa shape index (κ2) is 9.46. The van der Waals surface area contributed by atoms with E-state index in [0.29, 0.717) is 31.7 Å². The summed E-state index contributed by atoms with van der Waals surface area (Å²) in [5, 5.41) is 9.60. The summed E-state index contributed by atoms with van der Waals surface area (Å²) in [5.74, 6) is 0.150. The lowest BCUT2D eigenvalue weighted by molar-refractivity contribution is 0.0522. The second-order valence-corrected chi connectivity index (χ2v) is 10.5. The number of aromatic amines is 1. The Balaban J connectivity index is 1.46. The highest BCUT2D eigenvalue weighted by Crippen LogP contribution is 2.41. The number of nitrogens with zero attached hydrogens (tertiary/aromatic N) is 2. The highest BCUT2D eigenvalue weighted by atomic mass is 16.6. The third kappa shape index (κ3) is 4.88. The van der Waals surface area contributed by atoms with Crippen LogP contribution in [0, 0.1) is 0 Å². The smallest absolute Gasteiger partial charge is 0.407 e. The first-order valence-electron chi connectivity index (χ1n) is 12.5. The van der Waals surface area contributed by atoms with E-state index in [-0.39, 0.29) is 18.0 Å². The topological polar surface area (TPSA) is 111 Å². The minimum Gasteiger partial charge on any atom is -0.444 e. The van der Waals surface area contributed by atoms with E-state index >= 15 is 0 Å². The third-order valence-corrected chi connectivity index (χ3v) is 6.68. The lowest BCUT2D eigenvalue weighted by atomic mass is 9.94. The number of fused-ring (bicyclic) bond motifs is 3. The van der Waals surface area contributed by atoms with Crippen LogP contribution in [0.3, 0.4) is 0 Å². The maximum Gasteiger partial charge on any atom is 0.407 e. The largest absolute Gasteiger partial charge is 0.444 e. The summed E-state index contributed by atoms with van der Waals surface area (Å²) >= 11 is 0. The van der Waals surface area contributed by atoms with Crippen molar-refractivity contribution in [1.82, 2.24) is 20.5 Å². The van der Waals surface area contributed by atoms with E-state index in [1.54, 1.807) is 0 Å². The molecule has 4 heterocycles. The summed E-state index contributed by atoms with van der Waals surface area (Å²) in [6.45, 7) is 9.92. The summed E-state index contributed by atoms with van der Waals surface area (Å²) in [5.41, 5.74) is 5.79. The van der Waals surface area contributed by atoms with Gasteiger partial charge in [0.15, 0.2) is 0 Å². The van der Waals surface area contributed by atoms with Gasteiger partial charge >= 0.3 is 6.09 Å². The quantitative estimate of drug-likeness (QED) is 0.484. The zero-order chi connectivity index (χ0) is 25.4. The number of carbonyl (C=O) groups excluding carboxylic acids is 2. The Kier molecular flexibility index (Phi) is 6.34. The number of hydrogen-bond acceptors (Lipinski definition) is 6. The highest BCUT2D eigenvalue weighted by molar-refractivity contribution is 6.02. The van der Waals surface area contributed by atoms with Crippen LogP contribution in [0.25, 0.3) is 11.3 Å². The number of rotatable bonds is 3. The normalized spacial score (nSPS) is 22.1. The number of para-hydroxylation sites is 1. The molecule has 2 amide bonds. The molecular weight excluding hydrogens is 456 g/mol. The van der Waals surface area contributed by atoms with Crippen LogP contribution in [0.15, 0.2) is 41.4 Å². The van der Waals surface area contributed by atoms with Gasteiger partial charge in [0.1, 0.15) is 11.8 Å². The maximum atomic E-state index is 12.6. The fourth-order valence-electron chi connectivity index (χ4n) is 5.01. The van der Waals surface area contributed by atoms with Crippen LogP contribution < -0.4 is 16.0 Å². The van der Waals surface area contributed by atoms with E-state index in [1.807, 2.05) is 45.9 Å². The van der Waals surface area contributed by atoms with Gasteiger partial charge in [0.05, 0.1) is 22.6 Å². The average molecular weight is 491 g/mol. The summed E-state index contributed by atoms with van der Waals surface area (Å²) in [6.07, 6.45) is 4.57. The van der Waals surface area contributed by atoms with Crippen LogP contribution in [0.1, 0.15) is 56.1 Å². The Bertz CT molecular complexity index is 1240. The van der Waals surface area contributed by atoms with Crippen molar-refractivity contribution < 1.29 is 14.3 Å². The van der Waals surface area contributed by atoms with Crippen LogP contribution >= 0.6 is 0 Å². The van der Waals surface area contributed by atoms with E-state index < -0.39 is 11.7 Å². The fraction of sp³-hybridized carbons (Fsp3) is 0.444. The van der Waals surface area contributed by atoms with Crippen molar-refractivity contribution >= 4 is 29.1 Å². The molecular formula is C27H34N6O3. The second-order valence-electron chi connectivity index (χ2n) is 10.5. The molecule has 3 aliphatic rings. The number of hydrogen-bond donors (Lipinski definition) is 4. The molecule has 4 bridgehead atoms. The first-order valence-corrected chi connectivity index (χ1v) is 12.5. The number of nitrogens with one attached hydrogen (secondary N) is 4. The van der Waals surface area contributed by atoms with Crippen LogP contribution in [-0.4, -0.2) is 65.5 Å². The average Bonchev–Trinajstić information content (AvgIpc) is 3.26. The molecule has 9 nitrogen and oxygen atoms in total. The molecule has 1 aromatic carbocycles. The Labute approximate surface area is 211 Å². The molecule has 0 fully saturated rings. The van der Waals surface area contributed by atoms with Gasteiger partial charge in [-0.3, -0.25) is 14.7 Å². The molecule has 2 atom stereocenters. The Hall–Kier alpha value is -3.59. The molecule has 2 aromatic rings. The molecule has 9 heteroatoms. The van der Waals surface area contributed by atoms with Crippen molar-refractivity contribution in [2.24, 2.45) is 4.99 Å². The highest BCUT2D eigenvalue weighted by Gasteiger charge is 2.31. The number of anilines is 1. The van der Waals surface area contributed by atoms with E-state index in [4.69, 9.17) is 9.73 Å². The number of H-pyrrole nitrogens is 1. The van der Waals surface area contributed by atoms with Gasteiger partial charge in [-0.1, -0.05) is 24.3 Å². The Morgan fingerprint density at radius 2 is 2.08 bits per heavy atom. The van der Waals surface area contributed by atoms with E-state index in [0.717, 1.165) is 40.5 Å². The molecule has 36 heavy (non-hydrogen) atoms. The van der Waals surface area contributed by atoms with Gasteiger partial charge in [-0.2, -0.15) is 0 Å². The molecule has 190 valence electrons. The van der Waals surface area contributed by atoms with Crippen molar-refractivity contribution in [1.29, 1.82) is 0 Å². The molecule has 1 unspecified atom stereocenters. The number of aromatic nitrogens is 1. The molecule has 5 rings (SSSR count). The number of carbonyl (C=O) groups is 2. The molecule has 0 saturated heterocycles. The molecule has 3 aliphatic heterocycles. The number of ether oxygens (including phenoxy) is 1. The van der Waals surface area contributed by atoms with Crippen LogP contribution in [0.4, 0.5) is 16.2 Å². The predicted octanol–water partition coefficient (Wildman–Crippen LogP) is 4.14. The van der Waals surface area contributed by atoms with Gasteiger partial charge in [-0.15, -0.1) is 0 Å². The monoisotopic (exact) mass is 490 g/mol. The summed E-state index contributed by atoms with van der Waals surface area (Å²) in [6, 6.07) is 7.99. The van der Waals surface area contributed by atoms with Crippen molar-refractivity contribution in [3.05, 3.63) is 47.7 Å². The summed E-state index contributed by atoms with van der Waals surface area (Å²) in [7, 11) is 0. The van der Waals surface area contributed by atoms with Gasteiger partial charge < -0.3 is 25.7 Å². The predicted molar refractivity (Wildman–Crippen MR) is 141 cm³/mol. The van der Waals surface area contributed by atoms with Crippen molar-refractivity contribution in [3.63, 3.8) is 0 Å². The zero-order valence-electron chi connectivity index (χ0n) is 21.3. The SMILES string of the molecule is CC1=Nc2cccc3c2NC1N(CCNC(=O)OC(C)(C)C)C/C=C/C[C@H]1CNC(=O)c2cc-3[nH]c21. The summed E-state index contributed by atoms with van der Waals surface area (Å²) < 4.78 is 5.39. The number of aliphatic imine (C=N–C) groups is 1. The van der Waals surface area contributed by atoms with Gasteiger partial charge in [0.25, 0.3) is 5.91 Å². The number of alkyl carbamates (subject to hydrolysis) is 1. The van der Waals surface area contributed by atoms with Crippen molar-refractivity contribution in [2.75, 3.05) is 31.5 Å². The molecule has 0 spiro atoms. The van der Waals surface area contributed by atoms with Gasteiger partial charge in [-0.25, -0.2) is 4.79 Å². The minimum absolute atomic E-state index is 0.0343. The van der Waals surface area contributed by atoms with E-state index in [2.05, 4.69) is 44.1 Å². The minimum atomic E-state index is -0.539. The zero-order valence-corrected chi connectivity index (χ0v) is 21.3. The van der Waals surface area contributed by atoms with Crippen molar-refractivity contribution in [3.8, 4) is 11.3 Å². The van der Waals surface area contributed by atoms with Gasteiger partial charge in [0, 0.05) is 49.0 Å². The van der Waals surface area contributed by atoms with Gasteiger partial charge in [-0.05, 0) is 46.2 Å². The Morgan fingerprint density at radius 1 is 1.25 bits per heavy atom. The lowest BCUT2D eigenvalue weighted by Crippen LogP contribution is -2.50. The van der Waals surface area contributed by atoms with Crippen LogP contribution in [0.2, 0.25) is 0 Å². The molecule has 0 radical (unpaired) electrons. The number of benzene rings is 1. The number of amides is 2. The van der Waals surface area contributed by atoms with Crippen LogP contribution in [0.5, 0.6) is 0 Å². The van der Waals surface area contributed by atoms with E-state index in [9.17, 15) is 9.59 Å². The van der Waals surface area contributed by atoms with Crippen LogP contribution in [-0.2, 0) is 4.74 Å².